The van der Waals surface area contributed by atoms with Gasteiger partial charge in [-0.15, -0.1) is 0 Å². The number of nitrogens with zero attached hydrogens (tertiary/aromatic N) is 2. The molecule has 0 spiro atoms. The van der Waals surface area contributed by atoms with Gasteiger partial charge in [0, 0.05) is 38.3 Å². The van der Waals surface area contributed by atoms with Crippen molar-refractivity contribution in [3.05, 3.63) is 0 Å². The summed E-state index contributed by atoms with van der Waals surface area (Å²) in [6, 6.07) is 0.979. The fraction of sp³-hybridized carbons (Fsp3) is 0.933. The van der Waals surface area contributed by atoms with Gasteiger partial charge in [0.2, 0.25) is 5.91 Å². The Morgan fingerprint density at radius 1 is 1.00 bits per heavy atom. The molecule has 0 aliphatic heterocycles. The van der Waals surface area contributed by atoms with Crippen molar-refractivity contribution in [3.63, 3.8) is 0 Å². The van der Waals surface area contributed by atoms with Crippen molar-refractivity contribution in [3.8, 4) is 0 Å². The molecule has 1 unspecified atom stereocenters. The van der Waals surface area contributed by atoms with E-state index in [0.717, 1.165) is 26.2 Å². The molecule has 0 aliphatic rings. The smallest absolute Gasteiger partial charge is 0.239 e. The Labute approximate surface area is 119 Å². The Balaban J connectivity index is 4.15. The van der Waals surface area contributed by atoms with E-state index in [1.165, 1.54) is 0 Å². The quantitative estimate of drug-likeness (QED) is 0.696. The third-order valence-corrected chi connectivity index (χ3v) is 3.59. The van der Waals surface area contributed by atoms with Gasteiger partial charge >= 0.3 is 0 Å². The minimum Gasteiger partial charge on any atom is -0.342 e. The first-order chi connectivity index (χ1) is 8.84. The zero-order valence-electron chi connectivity index (χ0n) is 13.9. The normalized spacial score (nSPS) is 13.4. The van der Waals surface area contributed by atoms with Crippen molar-refractivity contribution in [2.24, 2.45) is 0 Å². The van der Waals surface area contributed by atoms with Crippen LogP contribution >= 0.6 is 0 Å². The second-order valence-electron chi connectivity index (χ2n) is 5.61. The molecule has 0 fully saturated rings. The predicted octanol–water partition coefficient (Wildman–Crippen LogP) is 1.95. The zero-order chi connectivity index (χ0) is 15.0. The summed E-state index contributed by atoms with van der Waals surface area (Å²) in [6.45, 7) is 18.2. The molecule has 0 heterocycles. The van der Waals surface area contributed by atoms with E-state index in [1.54, 1.807) is 0 Å². The summed E-state index contributed by atoms with van der Waals surface area (Å²) in [5, 5.41) is 3.34. The molecule has 0 aromatic heterocycles. The Kier molecular flexibility index (Phi) is 9.02. The molecule has 0 rings (SSSR count). The number of carbonyl (C=O) groups excluding carboxylic acids is 1. The summed E-state index contributed by atoms with van der Waals surface area (Å²) in [5.41, 5.74) is 0. The summed E-state index contributed by atoms with van der Waals surface area (Å²) in [4.78, 5) is 16.4. The van der Waals surface area contributed by atoms with Crippen molar-refractivity contribution in [2.45, 2.75) is 66.6 Å². The van der Waals surface area contributed by atoms with E-state index < -0.39 is 0 Å². The molecule has 1 amide bonds. The van der Waals surface area contributed by atoms with Crippen molar-refractivity contribution < 1.29 is 4.79 Å². The van der Waals surface area contributed by atoms with Crippen LogP contribution in [-0.4, -0.2) is 60.0 Å². The first kappa shape index (κ1) is 18.4. The average Bonchev–Trinajstić information content (AvgIpc) is 2.34. The lowest BCUT2D eigenvalue weighted by molar-refractivity contribution is -0.132. The number of likely N-dealkylation sites (N-methyl/N-ethyl adjacent to an activating group) is 1. The lowest BCUT2D eigenvalue weighted by Crippen LogP contribution is -2.48. The molecule has 4 heteroatoms. The van der Waals surface area contributed by atoms with Crippen LogP contribution in [0, 0.1) is 0 Å². The third kappa shape index (κ3) is 6.39. The summed E-state index contributed by atoms with van der Waals surface area (Å²) < 4.78 is 0. The van der Waals surface area contributed by atoms with Crippen LogP contribution < -0.4 is 5.32 Å². The second-order valence-corrected chi connectivity index (χ2v) is 5.61. The van der Waals surface area contributed by atoms with E-state index in [9.17, 15) is 4.79 Å². The van der Waals surface area contributed by atoms with Crippen molar-refractivity contribution in [1.29, 1.82) is 0 Å². The number of carbonyl (C=O) groups is 1. The van der Waals surface area contributed by atoms with Gasteiger partial charge in [0.25, 0.3) is 0 Å². The number of hydrogen-bond donors (Lipinski definition) is 1. The Hall–Kier alpha value is -0.610. The maximum Gasteiger partial charge on any atom is 0.239 e. The molecule has 0 bridgehead atoms. The Morgan fingerprint density at radius 3 is 1.84 bits per heavy atom. The number of hydrogen-bond acceptors (Lipinski definition) is 3. The molecular weight excluding hydrogens is 238 g/mol. The summed E-state index contributed by atoms with van der Waals surface area (Å²) in [7, 11) is 0. The molecule has 1 atom stereocenters. The molecule has 4 nitrogen and oxygen atoms in total. The monoisotopic (exact) mass is 271 g/mol. The van der Waals surface area contributed by atoms with Gasteiger partial charge in [-0.05, 0) is 48.5 Å². The van der Waals surface area contributed by atoms with E-state index in [0.29, 0.717) is 12.1 Å². The molecular formula is C15H33N3O. The Morgan fingerprint density at radius 2 is 1.47 bits per heavy atom. The molecule has 19 heavy (non-hydrogen) atoms. The van der Waals surface area contributed by atoms with Gasteiger partial charge < -0.3 is 10.2 Å². The van der Waals surface area contributed by atoms with E-state index >= 15 is 0 Å². The lowest BCUT2D eigenvalue weighted by atomic mass is 10.2. The first-order valence-corrected chi connectivity index (χ1v) is 7.62. The molecule has 0 saturated heterocycles. The maximum atomic E-state index is 12.1. The second kappa shape index (κ2) is 9.32. The average molecular weight is 271 g/mol. The van der Waals surface area contributed by atoms with Crippen LogP contribution in [0.1, 0.15) is 48.5 Å². The minimum absolute atomic E-state index is 0.0962. The van der Waals surface area contributed by atoms with Gasteiger partial charge in [-0.2, -0.15) is 0 Å². The van der Waals surface area contributed by atoms with E-state index in [2.05, 4.69) is 37.9 Å². The van der Waals surface area contributed by atoms with E-state index in [4.69, 9.17) is 0 Å². The van der Waals surface area contributed by atoms with Crippen LogP contribution in [0.4, 0.5) is 0 Å². The number of amides is 1. The van der Waals surface area contributed by atoms with Gasteiger partial charge in [-0.3, -0.25) is 9.69 Å². The standard InChI is InChI=1S/C15H33N3O/c1-8-17(9-2)15(19)14(7)16-10-11-18(12(3)4)13(5)6/h12-14,16H,8-11H2,1-7H3. The van der Waals surface area contributed by atoms with Crippen LogP contribution in [0.3, 0.4) is 0 Å². The summed E-state index contributed by atoms with van der Waals surface area (Å²) >= 11 is 0. The van der Waals surface area contributed by atoms with Gasteiger partial charge in [0.15, 0.2) is 0 Å². The third-order valence-electron chi connectivity index (χ3n) is 3.59. The topological polar surface area (TPSA) is 35.6 Å². The maximum absolute atomic E-state index is 12.1. The molecule has 0 aliphatic carbocycles. The van der Waals surface area contributed by atoms with Crippen molar-refractivity contribution in [2.75, 3.05) is 26.2 Å². The highest BCUT2D eigenvalue weighted by atomic mass is 16.2. The van der Waals surface area contributed by atoms with Crippen molar-refractivity contribution in [1.82, 2.24) is 15.1 Å². The van der Waals surface area contributed by atoms with Crippen molar-refractivity contribution >= 4 is 5.91 Å². The fourth-order valence-corrected chi connectivity index (χ4v) is 2.42. The SMILES string of the molecule is CCN(CC)C(=O)C(C)NCCN(C(C)C)C(C)C. The van der Waals surface area contributed by atoms with Crippen LogP contribution in [0.5, 0.6) is 0 Å². The van der Waals surface area contributed by atoms with Gasteiger partial charge in [0.1, 0.15) is 0 Å². The number of rotatable bonds is 9. The molecule has 114 valence electrons. The highest BCUT2D eigenvalue weighted by Crippen LogP contribution is 2.03. The molecule has 0 radical (unpaired) electrons. The van der Waals surface area contributed by atoms with Gasteiger partial charge in [-0.25, -0.2) is 0 Å². The molecule has 0 aromatic rings. The van der Waals surface area contributed by atoms with E-state index in [-0.39, 0.29) is 11.9 Å². The van der Waals surface area contributed by atoms with Gasteiger partial charge in [0.05, 0.1) is 6.04 Å². The van der Waals surface area contributed by atoms with Gasteiger partial charge in [-0.1, -0.05) is 0 Å². The number of nitrogens with one attached hydrogen (secondary N) is 1. The highest BCUT2D eigenvalue weighted by molar-refractivity contribution is 5.81. The Bertz CT molecular complexity index is 242. The lowest BCUT2D eigenvalue weighted by Gasteiger charge is -2.31. The fourth-order valence-electron chi connectivity index (χ4n) is 2.42. The van der Waals surface area contributed by atoms with Crippen LogP contribution in [0.15, 0.2) is 0 Å². The largest absolute Gasteiger partial charge is 0.342 e. The van der Waals surface area contributed by atoms with Crippen LogP contribution in [-0.2, 0) is 4.79 Å². The highest BCUT2D eigenvalue weighted by Gasteiger charge is 2.18. The minimum atomic E-state index is -0.0962. The molecule has 0 saturated carbocycles. The van der Waals surface area contributed by atoms with Crippen LogP contribution in [0.25, 0.3) is 0 Å². The van der Waals surface area contributed by atoms with E-state index in [1.807, 2.05) is 25.7 Å². The molecule has 1 N–H and O–H groups in total. The zero-order valence-corrected chi connectivity index (χ0v) is 13.9. The summed E-state index contributed by atoms with van der Waals surface area (Å²) in [6.07, 6.45) is 0. The predicted molar refractivity (Wildman–Crippen MR) is 82.4 cm³/mol. The van der Waals surface area contributed by atoms with Crippen LogP contribution in [0.2, 0.25) is 0 Å². The first-order valence-electron chi connectivity index (χ1n) is 7.62. The summed E-state index contributed by atoms with van der Waals surface area (Å²) in [5.74, 6) is 0.200. The molecule has 0 aromatic carbocycles.